The van der Waals surface area contributed by atoms with Crippen LogP contribution in [0.5, 0.6) is 0 Å². The average molecular weight is 478 g/mol. The zero-order valence-electron chi connectivity index (χ0n) is 17.6. The number of alkyl halides is 3. The molecule has 1 heterocycles. The zero-order chi connectivity index (χ0) is 23.4. The number of amides is 1. The second-order valence-electron chi connectivity index (χ2n) is 7.78. The van der Waals surface area contributed by atoms with E-state index in [1.54, 1.807) is 0 Å². The fourth-order valence-corrected chi connectivity index (χ4v) is 4.60. The number of ether oxygens (including phenoxy) is 2. The van der Waals surface area contributed by atoms with Gasteiger partial charge in [0.15, 0.2) is 0 Å². The standard InChI is InChI=1S/C21H26F3NO6S/c1-29-20(26)25-13-5-8-19(31-32(27,28)21(22,23)24)18(25)14-30-17-11-9-16(10-12-17)15-6-3-2-4-7-15/h2-4,6-8,16-18H,5,9-14H2,1H3. The van der Waals surface area contributed by atoms with E-state index in [-0.39, 0.29) is 25.7 Å². The Labute approximate surface area is 185 Å². The molecule has 1 saturated carbocycles. The van der Waals surface area contributed by atoms with E-state index in [2.05, 4.69) is 16.3 Å². The van der Waals surface area contributed by atoms with Gasteiger partial charge in [-0.25, -0.2) is 4.79 Å². The number of carbonyl (C=O) groups is 1. The predicted molar refractivity (Wildman–Crippen MR) is 109 cm³/mol. The van der Waals surface area contributed by atoms with Crippen LogP contribution in [0.4, 0.5) is 18.0 Å². The molecule has 11 heteroatoms. The van der Waals surface area contributed by atoms with Crippen LogP contribution in [0.25, 0.3) is 0 Å². The molecule has 0 saturated heterocycles. The van der Waals surface area contributed by atoms with Gasteiger partial charge < -0.3 is 13.7 Å². The molecule has 1 amide bonds. The Morgan fingerprint density at radius 3 is 2.38 bits per heavy atom. The largest absolute Gasteiger partial charge is 0.534 e. The van der Waals surface area contributed by atoms with Gasteiger partial charge in [-0.05, 0) is 49.7 Å². The summed E-state index contributed by atoms with van der Waals surface area (Å²) < 4.78 is 76.5. The SMILES string of the molecule is COC(=O)N1CCC=C(OS(=O)(=O)C(F)(F)F)C1COC1CCC(c2ccccc2)CC1. The summed E-state index contributed by atoms with van der Waals surface area (Å²) in [7, 11) is -4.73. The molecule has 178 valence electrons. The lowest BCUT2D eigenvalue weighted by Crippen LogP contribution is -2.48. The van der Waals surface area contributed by atoms with Crippen LogP contribution >= 0.6 is 0 Å². The first-order valence-corrected chi connectivity index (χ1v) is 11.7. The molecule has 2 aliphatic rings. The summed E-state index contributed by atoms with van der Waals surface area (Å²) in [5.74, 6) is -0.0787. The Bertz CT molecular complexity index is 911. The molecular formula is C21H26F3NO6S. The number of hydrogen-bond donors (Lipinski definition) is 0. The molecule has 1 aliphatic heterocycles. The minimum atomic E-state index is -5.87. The van der Waals surface area contributed by atoms with Crippen molar-refractivity contribution in [3.05, 3.63) is 47.7 Å². The monoisotopic (exact) mass is 477 g/mol. The summed E-state index contributed by atoms with van der Waals surface area (Å²) in [5.41, 5.74) is -4.33. The number of methoxy groups -OCH3 is 1. The Hall–Kier alpha value is -2.27. The summed E-state index contributed by atoms with van der Waals surface area (Å²) in [6.45, 7) is -0.0602. The third-order valence-corrected chi connectivity index (χ3v) is 6.73. The summed E-state index contributed by atoms with van der Waals surface area (Å²) >= 11 is 0. The van der Waals surface area contributed by atoms with Crippen LogP contribution < -0.4 is 0 Å². The minimum Gasteiger partial charge on any atom is -0.453 e. The maximum Gasteiger partial charge on any atom is 0.534 e. The summed E-state index contributed by atoms with van der Waals surface area (Å²) in [5, 5.41) is 0. The lowest BCUT2D eigenvalue weighted by molar-refractivity contribution is -0.0545. The van der Waals surface area contributed by atoms with Crippen molar-refractivity contribution >= 4 is 16.2 Å². The normalized spacial score (nSPS) is 24.6. The van der Waals surface area contributed by atoms with Crippen molar-refractivity contribution in [1.82, 2.24) is 4.90 Å². The number of halogens is 3. The van der Waals surface area contributed by atoms with Crippen molar-refractivity contribution < 1.29 is 40.0 Å². The van der Waals surface area contributed by atoms with E-state index >= 15 is 0 Å². The molecule has 3 rings (SSSR count). The van der Waals surface area contributed by atoms with Gasteiger partial charge in [0.25, 0.3) is 0 Å². The molecule has 1 atom stereocenters. The molecule has 0 bridgehead atoms. The minimum absolute atomic E-state index is 0.122. The van der Waals surface area contributed by atoms with E-state index in [0.717, 1.165) is 37.7 Å². The number of benzene rings is 1. The smallest absolute Gasteiger partial charge is 0.453 e. The second kappa shape index (κ2) is 10.1. The maximum atomic E-state index is 12.8. The molecule has 1 aromatic rings. The van der Waals surface area contributed by atoms with Crippen LogP contribution in [0, 0.1) is 0 Å². The first-order chi connectivity index (χ1) is 15.1. The molecule has 0 radical (unpaired) electrons. The van der Waals surface area contributed by atoms with Gasteiger partial charge in [0, 0.05) is 6.54 Å². The fraction of sp³-hybridized carbons (Fsp3) is 0.571. The zero-order valence-corrected chi connectivity index (χ0v) is 18.4. The highest BCUT2D eigenvalue weighted by molar-refractivity contribution is 7.87. The van der Waals surface area contributed by atoms with Crippen molar-refractivity contribution in [1.29, 1.82) is 0 Å². The van der Waals surface area contributed by atoms with Gasteiger partial charge in [-0.2, -0.15) is 21.6 Å². The summed E-state index contributed by atoms with van der Waals surface area (Å²) in [4.78, 5) is 13.3. The van der Waals surface area contributed by atoms with Crippen molar-refractivity contribution in [2.45, 2.75) is 55.7 Å². The average Bonchev–Trinajstić information content (AvgIpc) is 2.77. The highest BCUT2D eigenvalue weighted by Gasteiger charge is 2.50. The van der Waals surface area contributed by atoms with Crippen molar-refractivity contribution in [3.8, 4) is 0 Å². The fourth-order valence-electron chi connectivity index (χ4n) is 4.08. The molecule has 0 spiro atoms. The number of carbonyl (C=O) groups excluding carboxylic acids is 1. The maximum absolute atomic E-state index is 12.8. The van der Waals surface area contributed by atoms with E-state index in [9.17, 15) is 26.4 Å². The summed E-state index contributed by atoms with van der Waals surface area (Å²) in [6.07, 6.45) is 3.67. The van der Waals surface area contributed by atoms with E-state index in [1.165, 1.54) is 11.6 Å². The first kappa shape index (κ1) is 24.4. The molecule has 32 heavy (non-hydrogen) atoms. The van der Waals surface area contributed by atoms with Gasteiger partial charge >= 0.3 is 21.7 Å². The third kappa shape index (κ3) is 5.74. The van der Waals surface area contributed by atoms with Crippen molar-refractivity contribution in [2.75, 3.05) is 20.3 Å². The van der Waals surface area contributed by atoms with Crippen LogP contribution in [-0.2, 0) is 23.8 Å². The van der Waals surface area contributed by atoms with Crippen LogP contribution in [0.1, 0.15) is 43.6 Å². The molecule has 1 fully saturated rings. The van der Waals surface area contributed by atoms with Crippen molar-refractivity contribution in [3.63, 3.8) is 0 Å². The van der Waals surface area contributed by atoms with E-state index in [0.29, 0.717) is 5.92 Å². The van der Waals surface area contributed by atoms with Gasteiger partial charge in [-0.15, -0.1) is 0 Å². The molecule has 0 N–H and O–H groups in total. The highest BCUT2D eigenvalue weighted by atomic mass is 32.2. The van der Waals surface area contributed by atoms with Gasteiger partial charge in [0.05, 0.1) is 19.8 Å². The highest BCUT2D eigenvalue weighted by Crippen LogP contribution is 2.35. The molecule has 1 aromatic carbocycles. The Morgan fingerprint density at radius 1 is 1.12 bits per heavy atom. The Kier molecular flexibility index (Phi) is 7.71. The molecule has 0 aromatic heterocycles. The first-order valence-electron chi connectivity index (χ1n) is 10.3. The van der Waals surface area contributed by atoms with Crippen molar-refractivity contribution in [2.24, 2.45) is 0 Å². The Morgan fingerprint density at radius 2 is 1.78 bits per heavy atom. The van der Waals surface area contributed by atoms with Gasteiger partial charge in [-0.1, -0.05) is 30.3 Å². The lowest BCUT2D eigenvalue weighted by Gasteiger charge is -2.36. The summed E-state index contributed by atoms with van der Waals surface area (Å²) in [6, 6.07) is 8.97. The van der Waals surface area contributed by atoms with Crippen LogP contribution in [-0.4, -0.2) is 57.3 Å². The Balaban J connectivity index is 1.66. The van der Waals surface area contributed by atoms with Crippen LogP contribution in [0.15, 0.2) is 42.2 Å². The second-order valence-corrected chi connectivity index (χ2v) is 9.31. The molecule has 1 unspecified atom stereocenters. The van der Waals surface area contributed by atoms with E-state index in [4.69, 9.17) is 9.47 Å². The third-order valence-electron chi connectivity index (χ3n) is 5.75. The number of hydrogen-bond acceptors (Lipinski definition) is 6. The van der Waals surface area contributed by atoms with Gasteiger partial charge in [0.2, 0.25) is 0 Å². The number of rotatable bonds is 6. The van der Waals surface area contributed by atoms with Gasteiger partial charge in [-0.3, -0.25) is 4.90 Å². The van der Waals surface area contributed by atoms with Crippen LogP contribution in [0.2, 0.25) is 0 Å². The lowest BCUT2D eigenvalue weighted by atomic mass is 9.83. The van der Waals surface area contributed by atoms with Gasteiger partial charge in [0.1, 0.15) is 11.8 Å². The quantitative estimate of drug-likeness (QED) is 0.448. The number of nitrogens with zero attached hydrogens (tertiary/aromatic N) is 1. The van der Waals surface area contributed by atoms with E-state index < -0.39 is 33.5 Å². The predicted octanol–water partition coefficient (Wildman–Crippen LogP) is 4.32. The van der Waals surface area contributed by atoms with E-state index in [1.807, 2.05) is 18.2 Å². The topological polar surface area (TPSA) is 82.1 Å². The molecule has 1 aliphatic carbocycles. The molecular weight excluding hydrogens is 451 g/mol. The van der Waals surface area contributed by atoms with Crippen LogP contribution in [0.3, 0.4) is 0 Å². The molecule has 7 nitrogen and oxygen atoms in total.